The van der Waals surface area contributed by atoms with E-state index in [-0.39, 0.29) is 5.56 Å². The van der Waals surface area contributed by atoms with Crippen LogP contribution in [0.1, 0.15) is 0 Å². The van der Waals surface area contributed by atoms with Gasteiger partial charge in [-0.25, -0.2) is 5.10 Å². The summed E-state index contributed by atoms with van der Waals surface area (Å²) in [5, 5.41) is 8.02. The van der Waals surface area contributed by atoms with Crippen molar-refractivity contribution in [1.29, 1.82) is 0 Å². The van der Waals surface area contributed by atoms with E-state index >= 15 is 0 Å². The van der Waals surface area contributed by atoms with Gasteiger partial charge in [0.05, 0.1) is 17.9 Å². The minimum absolute atomic E-state index is 0.222. The zero-order chi connectivity index (χ0) is 13.7. The lowest BCUT2D eigenvalue weighted by molar-refractivity contribution is 0.413. The molecule has 1 N–H and O–H groups in total. The highest BCUT2D eigenvalue weighted by Crippen LogP contribution is 2.45. The lowest BCUT2D eigenvalue weighted by Crippen LogP contribution is -2.12. The minimum atomic E-state index is -0.222. The molecule has 0 spiro atoms. The van der Waals surface area contributed by atoms with E-state index in [2.05, 4.69) is 10.2 Å². The maximum atomic E-state index is 11.9. The molecule has 0 fully saturated rings. The van der Waals surface area contributed by atoms with Gasteiger partial charge in [0.15, 0.2) is 0 Å². The number of aromatic amines is 1. The van der Waals surface area contributed by atoms with E-state index < -0.39 is 0 Å². The predicted molar refractivity (Wildman–Crippen MR) is 74.4 cm³/mol. The van der Waals surface area contributed by atoms with E-state index in [1.165, 1.54) is 0 Å². The average Bonchev–Trinajstić information content (AvgIpc) is 2.49. The fourth-order valence-corrected chi connectivity index (χ4v) is 2.50. The largest absolute Gasteiger partial charge is 0.497 e. The SMILES string of the molecule is COc1ccc2c(c1)-c1n[nH]c(=O)c3cccc(c13)O2. The molecule has 2 aromatic carbocycles. The quantitative estimate of drug-likeness (QED) is 0.575. The molecule has 0 bridgehead atoms. The molecule has 0 saturated carbocycles. The maximum Gasteiger partial charge on any atom is 0.272 e. The zero-order valence-corrected chi connectivity index (χ0v) is 10.6. The molecule has 1 aliphatic heterocycles. The summed E-state index contributed by atoms with van der Waals surface area (Å²) >= 11 is 0. The van der Waals surface area contributed by atoms with Crippen LogP contribution in [0.25, 0.3) is 22.0 Å². The van der Waals surface area contributed by atoms with Crippen molar-refractivity contribution in [1.82, 2.24) is 10.2 Å². The molecule has 1 aliphatic rings. The zero-order valence-electron chi connectivity index (χ0n) is 10.6. The van der Waals surface area contributed by atoms with Gasteiger partial charge in [0.2, 0.25) is 0 Å². The van der Waals surface area contributed by atoms with Gasteiger partial charge in [-0.15, -0.1) is 0 Å². The second kappa shape index (κ2) is 3.84. The molecule has 98 valence electrons. The molecule has 2 heterocycles. The number of hydrogen-bond acceptors (Lipinski definition) is 4. The Hall–Kier alpha value is -2.82. The molecule has 20 heavy (non-hydrogen) atoms. The number of ether oxygens (including phenoxy) is 2. The highest BCUT2D eigenvalue weighted by Gasteiger charge is 2.22. The smallest absolute Gasteiger partial charge is 0.272 e. The number of benzene rings is 2. The average molecular weight is 266 g/mol. The summed E-state index contributed by atoms with van der Waals surface area (Å²) in [5.41, 5.74) is 1.29. The van der Waals surface area contributed by atoms with Gasteiger partial charge in [-0.3, -0.25) is 4.79 Å². The van der Waals surface area contributed by atoms with Crippen molar-refractivity contribution in [2.75, 3.05) is 7.11 Å². The third-order valence-electron chi connectivity index (χ3n) is 3.44. The van der Waals surface area contributed by atoms with E-state index in [4.69, 9.17) is 9.47 Å². The van der Waals surface area contributed by atoms with Crippen LogP contribution in [0.15, 0.2) is 41.2 Å². The number of rotatable bonds is 1. The fourth-order valence-electron chi connectivity index (χ4n) is 2.50. The normalized spacial score (nSPS) is 11.8. The molecular weight excluding hydrogens is 256 g/mol. The van der Waals surface area contributed by atoms with Gasteiger partial charge in [-0.05, 0) is 30.3 Å². The number of H-pyrrole nitrogens is 1. The molecule has 1 aromatic heterocycles. The van der Waals surface area contributed by atoms with E-state index in [9.17, 15) is 4.79 Å². The minimum Gasteiger partial charge on any atom is -0.497 e. The molecule has 0 unspecified atom stereocenters. The van der Waals surface area contributed by atoms with Crippen LogP contribution in [0.4, 0.5) is 0 Å². The van der Waals surface area contributed by atoms with Gasteiger partial charge in [0.25, 0.3) is 5.56 Å². The number of nitrogens with zero attached hydrogens (tertiary/aromatic N) is 1. The van der Waals surface area contributed by atoms with E-state index in [0.29, 0.717) is 28.3 Å². The van der Waals surface area contributed by atoms with Gasteiger partial charge < -0.3 is 9.47 Å². The molecule has 4 rings (SSSR count). The lowest BCUT2D eigenvalue weighted by Gasteiger charge is -2.20. The summed E-state index contributed by atoms with van der Waals surface area (Å²) < 4.78 is 11.1. The highest BCUT2D eigenvalue weighted by atomic mass is 16.5. The number of hydrogen-bond donors (Lipinski definition) is 1. The van der Waals surface area contributed by atoms with Gasteiger partial charge >= 0.3 is 0 Å². The molecule has 5 nitrogen and oxygen atoms in total. The monoisotopic (exact) mass is 266 g/mol. The summed E-state index contributed by atoms with van der Waals surface area (Å²) in [6.45, 7) is 0. The van der Waals surface area contributed by atoms with Gasteiger partial charge in [-0.2, -0.15) is 5.10 Å². The first-order valence-electron chi connectivity index (χ1n) is 6.15. The first-order valence-corrected chi connectivity index (χ1v) is 6.15. The Morgan fingerprint density at radius 3 is 2.95 bits per heavy atom. The molecular formula is C15H10N2O3. The van der Waals surface area contributed by atoms with Gasteiger partial charge in [-0.1, -0.05) is 6.07 Å². The Labute approximate surface area is 113 Å². The second-order valence-corrected chi connectivity index (χ2v) is 4.54. The third kappa shape index (κ3) is 1.37. The number of nitrogens with one attached hydrogen (secondary N) is 1. The van der Waals surface area contributed by atoms with Crippen LogP contribution in [0.5, 0.6) is 17.2 Å². The molecule has 3 aromatic rings. The Morgan fingerprint density at radius 2 is 2.10 bits per heavy atom. The Morgan fingerprint density at radius 1 is 1.20 bits per heavy atom. The van der Waals surface area contributed by atoms with E-state index in [1.807, 2.05) is 24.3 Å². The second-order valence-electron chi connectivity index (χ2n) is 4.54. The Bertz CT molecular complexity index is 899. The lowest BCUT2D eigenvalue weighted by atomic mass is 10.0. The van der Waals surface area contributed by atoms with Crippen molar-refractivity contribution in [2.45, 2.75) is 0 Å². The summed E-state index contributed by atoms with van der Waals surface area (Å²) in [7, 11) is 1.61. The third-order valence-corrected chi connectivity index (χ3v) is 3.44. The van der Waals surface area contributed by atoms with Crippen molar-refractivity contribution in [3.05, 3.63) is 46.8 Å². The van der Waals surface area contributed by atoms with Crippen LogP contribution in [0.2, 0.25) is 0 Å². The first kappa shape index (κ1) is 11.0. The molecule has 5 heteroatoms. The number of aromatic nitrogens is 2. The van der Waals surface area contributed by atoms with E-state index in [1.54, 1.807) is 19.2 Å². The van der Waals surface area contributed by atoms with Crippen LogP contribution < -0.4 is 15.0 Å². The summed E-state index contributed by atoms with van der Waals surface area (Å²) in [4.78, 5) is 11.9. The van der Waals surface area contributed by atoms with Crippen LogP contribution >= 0.6 is 0 Å². The summed E-state index contributed by atoms with van der Waals surface area (Å²) in [5.74, 6) is 2.06. The first-order chi connectivity index (χ1) is 9.78. The topological polar surface area (TPSA) is 64.2 Å². The molecule has 0 amide bonds. The van der Waals surface area contributed by atoms with Crippen LogP contribution in [0, 0.1) is 0 Å². The Kier molecular flexibility index (Phi) is 2.12. The van der Waals surface area contributed by atoms with Crippen LogP contribution in [-0.4, -0.2) is 17.3 Å². The van der Waals surface area contributed by atoms with Gasteiger partial charge in [0, 0.05) is 5.56 Å². The molecule has 0 aliphatic carbocycles. The summed E-state index contributed by atoms with van der Waals surface area (Å²) in [6, 6.07) is 10.9. The van der Waals surface area contributed by atoms with Gasteiger partial charge in [0.1, 0.15) is 22.9 Å². The van der Waals surface area contributed by atoms with E-state index in [0.717, 1.165) is 10.9 Å². The van der Waals surface area contributed by atoms with Crippen LogP contribution in [-0.2, 0) is 0 Å². The summed E-state index contributed by atoms with van der Waals surface area (Å²) in [6.07, 6.45) is 0. The predicted octanol–water partition coefficient (Wildman–Crippen LogP) is 2.70. The molecule has 0 saturated heterocycles. The highest BCUT2D eigenvalue weighted by molar-refractivity contribution is 6.01. The van der Waals surface area contributed by atoms with Crippen molar-refractivity contribution >= 4 is 10.8 Å². The van der Waals surface area contributed by atoms with Crippen molar-refractivity contribution in [3.8, 4) is 28.5 Å². The maximum absolute atomic E-state index is 11.9. The number of methoxy groups -OCH3 is 1. The van der Waals surface area contributed by atoms with Crippen LogP contribution in [0.3, 0.4) is 0 Å². The Balaban J connectivity index is 2.15. The van der Waals surface area contributed by atoms with Crippen molar-refractivity contribution in [3.63, 3.8) is 0 Å². The van der Waals surface area contributed by atoms with Crippen molar-refractivity contribution < 1.29 is 9.47 Å². The fraction of sp³-hybridized carbons (Fsp3) is 0.0667. The molecule has 0 radical (unpaired) electrons. The standard InChI is InChI=1S/C15H10N2O3/c1-19-8-5-6-11-10(7-8)14-13-9(15(18)17-16-14)3-2-4-12(13)20-11/h2-7H,1H3,(H,17,18). The number of fused-ring (bicyclic) bond motifs is 2. The molecule has 0 atom stereocenters. The van der Waals surface area contributed by atoms with Crippen molar-refractivity contribution in [2.24, 2.45) is 0 Å².